The highest BCUT2D eigenvalue weighted by molar-refractivity contribution is 7.13. The fourth-order valence-corrected chi connectivity index (χ4v) is 3.67. The molecule has 29 heavy (non-hydrogen) atoms. The van der Waals surface area contributed by atoms with Crippen molar-refractivity contribution in [3.05, 3.63) is 29.5 Å². The molecule has 2 aromatic heterocycles. The molecule has 1 atom stereocenters. The molecule has 3 rings (SSSR count). The van der Waals surface area contributed by atoms with E-state index >= 15 is 0 Å². The van der Waals surface area contributed by atoms with E-state index in [1.165, 1.54) is 0 Å². The Hall–Kier alpha value is -2.55. The predicted octanol–water partition coefficient (Wildman–Crippen LogP) is 3.47. The number of ether oxygens (including phenoxy) is 1. The van der Waals surface area contributed by atoms with Gasteiger partial charge in [-0.15, -0.1) is 11.3 Å². The highest BCUT2D eigenvalue weighted by Crippen LogP contribution is 2.23. The van der Waals surface area contributed by atoms with Gasteiger partial charge in [0.2, 0.25) is 5.89 Å². The highest BCUT2D eigenvalue weighted by atomic mass is 32.1. The first-order chi connectivity index (χ1) is 13.8. The van der Waals surface area contributed by atoms with E-state index in [0.717, 1.165) is 36.0 Å². The molecule has 2 aromatic rings. The number of thiophene rings is 1. The number of carbonyl (C=O) groups excluding carboxylic acids is 1. The van der Waals surface area contributed by atoms with Gasteiger partial charge in [-0.3, -0.25) is 0 Å². The van der Waals surface area contributed by atoms with Gasteiger partial charge in [0.15, 0.2) is 5.96 Å². The second-order valence-electron chi connectivity index (χ2n) is 7.87. The summed E-state index contributed by atoms with van der Waals surface area (Å²) in [6.45, 7) is 10.3. The molecule has 9 heteroatoms. The number of rotatable bonds is 5. The average molecular weight is 420 g/mol. The van der Waals surface area contributed by atoms with Gasteiger partial charge in [0, 0.05) is 19.6 Å². The second kappa shape index (κ2) is 9.30. The van der Waals surface area contributed by atoms with E-state index < -0.39 is 5.60 Å². The van der Waals surface area contributed by atoms with Gasteiger partial charge < -0.3 is 24.7 Å². The fraction of sp³-hybridized carbons (Fsp3) is 0.550. The molecule has 1 amide bonds. The van der Waals surface area contributed by atoms with Crippen LogP contribution in [0.15, 0.2) is 33.2 Å². The van der Waals surface area contributed by atoms with Gasteiger partial charge in [-0.1, -0.05) is 6.07 Å². The standard InChI is InChI=1S/C20H29N5O3S/c1-5-21-18(22-11-15-13-27-17(23-15)16-7-6-10-29-16)25-9-8-14(12-25)24-19(26)28-20(2,3)4/h6-7,10,13-14H,5,8-9,11-12H2,1-4H3,(H,21,22)(H,24,26). The summed E-state index contributed by atoms with van der Waals surface area (Å²) in [5.74, 6) is 1.43. The third-order valence-corrected chi connectivity index (χ3v) is 5.08. The number of alkyl carbamates (subject to hydrolysis) is 1. The average Bonchev–Trinajstić information content (AvgIpc) is 3.37. The lowest BCUT2D eigenvalue weighted by atomic mass is 10.2. The van der Waals surface area contributed by atoms with Gasteiger partial charge in [0.05, 0.1) is 17.5 Å². The number of likely N-dealkylation sites (tertiary alicyclic amines) is 1. The molecule has 3 heterocycles. The van der Waals surface area contributed by atoms with Crippen LogP contribution in [0.4, 0.5) is 4.79 Å². The summed E-state index contributed by atoms with van der Waals surface area (Å²) in [7, 11) is 0. The van der Waals surface area contributed by atoms with Crippen LogP contribution in [0.5, 0.6) is 0 Å². The molecule has 0 bridgehead atoms. The van der Waals surface area contributed by atoms with Crippen molar-refractivity contribution in [2.75, 3.05) is 19.6 Å². The molecule has 2 N–H and O–H groups in total. The number of aromatic nitrogens is 1. The Morgan fingerprint density at radius 2 is 2.31 bits per heavy atom. The van der Waals surface area contributed by atoms with Gasteiger partial charge in [-0.05, 0) is 45.6 Å². The van der Waals surface area contributed by atoms with E-state index in [9.17, 15) is 4.79 Å². The van der Waals surface area contributed by atoms with E-state index in [0.29, 0.717) is 19.0 Å². The van der Waals surface area contributed by atoms with Crippen molar-refractivity contribution in [1.82, 2.24) is 20.5 Å². The van der Waals surface area contributed by atoms with Crippen LogP contribution in [-0.4, -0.2) is 53.2 Å². The minimum Gasteiger partial charge on any atom is -0.444 e. The monoisotopic (exact) mass is 419 g/mol. The molecule has 1 aliphatic heterocycles. The summed E-state index contributed by atoms with van der Waals surface area (Å²) >= 11 is 1.59. The first-order valence-corrected chi connectivity index (χ1v) is 10.7. The number of nitrogens with zero attached hydrogens (tertiary/aromatic N) is 3. The molecule has 0 aromatic carbocycles. The Morgan fingerprint density at radius 1 is 1.48 bits per heavy atom. The minimum atomic E-state index is -0.502. The van der Waals surface area contributed by atoms with Crippen molar-refractivity contribution in [3.63, 3.8) is 0 Å². The van der Waals surface area contributed by atoms with Gasteiger partial charge in [0.25, 0.3) is 0 Å². The molecule has 1 saturated heterocycles. The quantitative estimate of drug-likeness (QED) is 0.570. The van der Waals surface area contributed by atoms with Crippen LogP contribution in [0, 0.1) is 0 Å². The zero-order valence-corrected chi connectivity index (χ0v) is 18.2. The van der Waals surface area contributed by atoms with E-state index in [2.05, 4.69) is 20.5 Å². The summed E-state index contributed by atoms with van der Waals surface area (Å²) in [5.41, 5.74) is 0.282. The van der Waals surface area contributed by atoms with Crippen LogP contribution in [-0.2, 0) is 11.3 Å². The molecule has 8 nitrogen and oxygen atoms in total. The summed E-state index contributed by atoms with van der Waals surface area (Å²) < 4.78 is 10.9. The Labute approximate surface area is 175 Å². The molecule has 1 fully saturated rings. The van der Waals surface area contributed by atoms with E-state index in [-0.39, 0.29) is 12.1 Å². The Bertz CT molecular complexity index is 826. The predicted molar refractivity (Wildman–Crippen MR) is 114 cm³/mol. The lowest BCUT2D eigenvalue weighted by Gasteiger charge is -2.23. The third kappa shape index (κ3) is 6.22. The Kier molecular flexibility index (Phi) is 6.79. The lowest BCUT2D eigenvalue weighted by Crippen LogP contribution is -2.44. The maximum Gasteiger partial charge on any atom is 0.407 e. The number of carbonyl (C=O) groups is 1. The SMILES string of the molecule is CCNC(=NCc1coc(-c2cccs2)n1)N1CCC(NC(=O)OC(C)(C)C)C1. The molecular formula is C20H29N5O3S. The third-order valence-electron chi connectivity index (χ3n) is 4.22. The van der Waals surface area contributed by atoms with Gasteiger partial charge >= 0.3 is 6.09 Å². The van der Waals surface area contributed by atoms with Crippen LogP contribution >= 0.6 is 11.3 Å². The Morgan fingerprint density at radius 3 is 3.00 bits per heavy atom. The molecule has 1 unspecified atom stereocenters. The summed E-state index contributed by atoms with van der Waals surface area (Å²) in [4.78, 5) is 24.4. The second-order valence-corrected chi connectivity index (χ2v) is 8.82. The number of hydrogen-bond acceptors (Lipinski definition) is 6. The van der Waals surface area contributed by atoms with Gasteiger partial charge in [-0.25, -0.2) is 14.8 Å². The van der Waals surface area contributed by atoms with Crippen molar-refractivity contribution in [2.45, 2.75) is 52.3 Å². The molecular weight excluding hydrogens is 390 g/mol. The minimum absolute atomic E-state index is 0.0335. The summed E-state index contributed by atoms with van der Waals surface area (Å²) in [6, 6.07) is 3.99. The molecule has 158 valence electrons. The number of guanidine groups is 1. The largest absolute Gasteiger partial charge is 0.444 e. The molecule has 0 spiro atoms. The lowest BCUT2D eigenvalue weighted by molar-refractivity contribution is 0.0507. The molecule has 0 aliphatic carbocycles. The number of amides is 1. The van der Waals surface area contributed by atoms with E-state index in [4.69, 9.17) is 14.1 Å². The number of hydrogen-bond donors (Lipinski definition) is 2. The maximum atomic E-state index is 12.0. The van der Waals surface area contributed by atoms with Crippen molar-refractivity contribution in [1.29, 1.82) is 0 Å². The molecule has 1 aliphatic rings. The summed E-state index contributed by atoms with van der Waals surface area (Å²) in [6.07, 6.45) is 2.12. The van der Waals surface area contributed by atoms with Crippen molar-refractivity contribution in [2.24, 2.45) is 4.99 Å². The van der Waals surface area contributed by atoms with Crippen LogP contribution < -0.4 is 10.6 Å². The van der Waals surface area contributed by atoms with Crippen LogP contribution in [0.2, 0.25) is 0 Å². The van der Waals surface area contributed by atoms with Crippen molar-refractivity contribution < 1.29 is 13.9 Å². The van der Waals surface area contributed by atoms with Crippen LogP contribution in [0.3, 0.4) is 0 Å². The number of aliphatic imine (C=N–C) groups is 1. The smallest absolute Gasteiger partial charge is 0.407 e. The summed E-state index contributed by atoms with van der Waals surface area (Å²) in [5, 5.41) is 8.26. The van der Waals surface area contributed by atoms with Crippen molar-refractivity contribution in [3.8, 4) is 10.8 Å². The number of oxazole rings is 1. The van der Waals surface area contributed by atoms with E-state index in [1.54, 1.807) is 17.6 Å². The molecule has 0 radical (unpaired) electrons. The highest BCUT2D eigenvalue weighted by Gasteiger charge is 2.27. The van der Waals surface area contributed by atoms with Crippen LogP contribution in [0.1, 0.15) is 39.8 Å². The number of nitrogens with one attached hydrogen (secondary N) is 2. The van der Waals surface area contributed by atoms with Crippen LogP contribution in [0.25, 0.3) is 10.8 Å². The fourth-order valence-electron chi connectivity index (χ4n) is 3.02. The zero-order valence-electron chi connectivity index (χ0n) is 17.4. The first-order valence-electron chi connectivity index (χ1n) is 9.85. The normalized spacial score (nSPS) is 17.4. The maximum absolute atomic E-state index is 12.0. The Balaban J connectivity index is 1.57. The zero-order chi connectivity index (χ0) is 20.9. The van der Waals surface area contributed by atoms with Gasteiger partial charge in [0.1, 0.15) is 17.6 Å². The molecule has 0 saturated carbocycles. The van der Waals surface area contributed by atoms with Crippen molar-refractivity contribution >= 4 is 23.4 Å². The first kappa shape index (κ1) is 21.2. The van der Waals surface area contributed by atoms with Gasteiger partial charge in [-0.2, -0.15) is 0 Å². The van der Waals surface area contributed by atoms with E-state index in [1.807, 2.05) is 45.2 Å². The topological polar surface area (TPSA) is 92.0 Å².